The summed E-state index contributed by atoms with van der Waals surface area (Å²) in [5, 5.41) is 0. The standard InChI is InChI=1S/C17H14BrNO/c1-11-2-5-15-12(8-11)3-4-14(17(15)20)9-13-6-7-19-10-16(13)18/h2,5-10H,3-4H2,1H3/b14-9+. The molecule has 1 aromatic heterocycles. The molecule has 1 aliphatic rings. The third-order valence-corrected chi connectivity index (χ3v) is 4.26. The Hall–Kier alpha value is -1.74. The first kappa shape index (κ1) is 13.3. The maximum Gasteiger partial charge on any atom is 0.189 e. The Morgan fingerprint density at radius 2 is 2.10 bits per heavy atom. The van der Waals surface area contributed by atoms with Gasteiger partial charge in [0.25, 0.3) is 0 Å². The van der Waals surface area contributed by atoms with Gasteiger partial charge in [0, 0.05) is 28.0 Å². The summed E-state index contributed by atoms with van der Waals surface area (Å²) < 4.78 is 0.912. The van der Waals surface area contributed by atoms with Gasteiger partial charge >= 0.3 is 0 Å². The number of carbonyl (C=O) groups excluding carboxylic acids is 1. The second-order valence-corrected chi connectivity index (χ2v) is 5.91. The highest BCUT2D eigenvalue weighted by molar-refractivity contribution is 9.10. The van der Waals surface area contributed by atoms with Gasteiger partial charge in [0.15, 0.2) is 5.78 Å². The van der Waals surface area contributed by atoms with Gasteiger partial charge in [0.1, 0.15) is 0 Å². The molecular formula is C17H14BrNO. The van der Waals surface area contributed by atoms with Crippen LogP contribution in [0.3, 0.4) is 0 Å². The second-order valence-electron chi connectivity index (χ2n) is 5.06. The number of pyridine rings is 1. The van der Waals surface area contributed by atoms with Crippen molar-refractivity contribution in [1.29, 1.82) is 0 Å². The molecule has 0 unspecified atom stereocenters. The quantitative estimate of drug-likeness (QED) is 0.728. The van der Waals surface area contributed by atoms with Crippen LogP contribution in [0, 0.1) is 6.92 Å². The highest BCUT2D eigenvalue weighted by Crippen LogP contribution is 2.28. The number of halogens is 1. The van der Waals surface area contributed by atoms with E-state index in [9.17, 15) is 4.79 Å². The third kappa shape index (κ3) is 2.46. The van der Waals surface area contributed by atoms with Gasteiger partial charge in [-0.25, -0.2) is 0 Å². The van der Waals surface area contributed by atoms with Crippen molar-refractivity contribution in [3.8, 4) is 0 Å². The number of aryl methyl sites for hydroxylation is 2. The molecule has 2 aromatic rings. The molecule has 3 rings (SSSR count). The van der Waals surface area contributed by atoms with Crippen LogP contribution >= 0.6 is 15.9 Å². The molecule has 0 bridgehead atoms. The topological polar surface area (TPSA) is 30.0 Å². The maximum atomic E-state index is 12.5. The summed E-state index contributed by atoms with van der Waals surface area (Å²) in [6, 6.07) is 7.98. The molecule has 0 N–H and O–H groups in total. The molecule has 2 nitrogen and oxygen atoms in total. The first-order valence-electron chi connectivity index (χ1n) is 6.59. The smallest absolute Gasteiger partial charge is 0.189 e. The van der Waals surface area contributed by atoms with E-state index in [0.29, 0.717) is 0 Å². The van der Waals surface area contributed by atoms with E-state index >= 15 is 0 Å². The second kappa shape index (κ2) is 5.33. The fourth-order valence-electron chi connectivity index (χ4n) is 2.54. The van der Waals surface area contributed by atoms with Gasteiger partial charge in [-0.2, -0.15) is 0 Å². The van der Waals surface area contributed by atoms with E-state index in [1.54, 1.807) is 12.4 Å². The van der Waals surface area contributed by atoms with Crippen LogP contribution in [-0.4, -0.2) is 10.8 Å². The van der Waals surface area contributed by atoms with Gasteiger partial charge in [-0.15, -0.1) is 0 Å². The average molecular weight is 328 g/mol. The Morgan fingerprint density at radius 1 is 1.25 bits per heavy atom. The molecule has 0 aliphatic heterocycles. The largest absolute Gasteiger partial charge is 0.289 e. The number of benzene rings is 1. The number of ketones is 1. The minimum Gasteiger partial charge on any atom is -0.289 e. The number of nitrogens with zero attached hydrogens (tertiary/aromatic N) is 1. The predicted molar refractivity (Wildman–Crippen MR) is 83.7 cm³/mol. The molecular weight excluding hydrogens is 314 g/mol. The third-order valence-electron chi connectivity index (χ3n) is 3.59. The zero-order valence-electron chi connectivity index (χ0n) is 11.2. The summed E-state index contributed by atoms with van der Waals surface area (Å²) in [6.45, 7) is 2.06. The number of hydrogen-bond acceptors (Lipinski definition) is 2. The van der Waals surface area contributed by atoms with E-state index in [1.165, 1.54) is 11.1 Å². The Morgan fingerprint density at radius 3 is 2.90 bits per heavy atom. The van der Waals surface area contributed by atoms with Crippen molar-refractivity contribution in [3.63, 3.8) is 0 Å². The number of rotatable bonds is 1. The van der Waals surface area contributed by atoms with Crippen LogP contribution in [-0.2, 0) is 6.42 Å². The molecule has 0 spiro atoms. The lowest BCUT2D eigenvalue weighted by atomic mass is 9.85. The lowest BCUT2D eigenvalue weighted by Crippen LogP contribution is -2.14. The normalized spacial score (nSPS) is 16.3. The highest BCUT2D eigenvalue weighted by atomic mass is 79.9. The molecule has 0 saturated heterocycles. The average Bonchev–Trinajstić information content (AvgIpc) is 2.44. The Balaban J connectivity index is 2.00. The summed E-state index contributed by atoms with van der Waals surface area (Å²) in [6.07, 6.45) is 7.18. The van der Waals surface area contributed by atoms with Crippen LogP contribution in [0.5, 0.6) is 0 Å². The Labute approximate surface area is 126 Å². The molecule has 0 saturated carbocycles. The number of fused-ring (bicyclic) bond motifs is 1. The first-order chi connectivity index (χ1) is 9.65. The van der Waals surface area contributed by atoms with Crippen molar-refractivity contribution in [2.24, 2.45) is 0 Å². The molecule has 1 heterocycles. The lowest BCUT2D eigenvalue weighted by Gasteiger charge is -2.18. The molecule has 0 amide bonds. The molecule has 20 heavy (non-hydrogen) atoms. The van der Waals surface area contributed by atoms with Crippen molar-refractivity contribution in [2.75, 3.05) is 0 Å². The SMILES string of the molecule is Cc1ccc2c(c1)CC/C(=C\c1ccncc1Br)C2=O. The van der Waals surface area contributed by atoms with E-state index in [4.69, 9.17) is 0 Å². The monoisotopic (exact) mass is 327 g/mol. The van der Waals surface area contributed by atoms with Gasteiger partial charge < -0.3 is 0 Å². The number of hydrogen-bond donors (Lipinski definition) is 0. The van der Waals surface area contributed by atoms with Gasteiger partial charge in [0.2, 0.25) is 0 Å². The summed E-state index contributed by atoms with van der Waals surface area (Å²) in [5.74, 6) is 0.148. The maximum absolute atomic E-state index is 12.5. The van der Waals surface area contributed by atoms with Crippen LogP contribution in [0.2, 0.25) is 0 Å². The Bertz CT molecular complexity index is 719. The number of Topliss-reactive ketones (excluding diaryl/α,β-unsaturated/α-hetero) is 1. The molecule has 100 valence electrons. The zero-order valence-corrected chi connectivity index (χ0v) is 12.8. The summed E-state index contributed by atoms with van der Waals surface area (Å²) in [7, 11) is 0. The molecule has 0 radical (unpaired) electrons. The van der Waals surface area contributed by atoms with Gasteiger partial charge in [-0.3, -0.25) is 9.78 Å². The van der Waals surface area contributed by atoms with E-state index in [1.807, 2.05) is 24.3 Å². The molecule has 1 aliphatic carbocycles. The van der Waals surface area contributed by atoms with Crippen molar-refractivity contribution in [2.45, 2.75) is 19.8 Å². The molecule has 1 aromatic carbocycles. The molecule has 3 heteroatoms. The summed E-state index contributed by atoms with van der Waals surface area (Å²) in [4.78, 5) is 16.6. The van der Waals surface area contributed by atoms with E-state index in [-0.39, 0.29) is 5.78 Å². The summed E-state index contributed by atoms with van der Waals surface area (Å²) in [5.41, 5.74) is 5.09. The number of carbonyl (C=O) groups is 1. The number of allylic oxidation sites excluding steroid dienone is 1. The van der Waals surface area contributed by atoms with Gasteiger partial charge in [0.05, 0.1) is 0 Å². The van der Waals surface area contributed by atoms with Crippen LogP contribution in [0.15, 0.2) is 46.7 Å². The molecule has 0 atom stereocenters. The van der Waals surface area contributed by atoms with Gasteiger partial charge in [-0.05, 0) is 59.0 Å². The minimum atomic E-state index is 0.148. The lowest BCUT2D eigenvalue weighted by molar-refractivity contribution is 0.102. The van der Waals surface area contributed by atoms with Crippen LogP contribution in [0.25, 0.3) is 6.08 Å². The fourth-order valence-corrected chi connectivity index (χ4v) is 2.90. The van der Waals surface area contributed by atoms with Gasteiger partial charge in [-0.1, -0.05) is 23.8 Å². The fraction of sp³-hybridized carbons (Fsp3) is 0.176. The Kier molecular flexibility index (Phi) is 3.53. The highest BCUT2D eigenvalue weighted by Gasteiger charge is 2.21. The van der Waals surface area contributed by atoms with E-state index < -0.39 is 0 Å². The number of aromatic nitrogens is 1. The van der Waals surface area contributed by atoms with Crippen molar-refractivity contribution in [3.05, 3.63) is 69.0 Å². The van der Waals surface area contributed by atoms with Crippen molar-refractivity contribution < 1.29 is 4.79 Å². The van der Waals surface area contributed by atoms with Crippen LogP contribution < -0.4 is 0 Å². The van der Waals surface area contributed by atoms with Crippen LogP contribution in [0.4, 0.5) is 0 Å². The van der Waals surface area contributed by atoms with E-state index in [0.717, 1.165) is 34.0 Å². The predicted octanol–water partition coefficient (Wildman–Crippen LogP) is 4.37. The first-order valence-corrected chi connectivity index (χ1v) is 7.39. The van der Waals surface area contributed by atoms with Crippen LogP contribution in [0.1, 0.15) is 33.5 Å². The van der Waals surface area contributed by atoms with E-state index in [2.05, 4.69) is 33.9 Å². The minimum absolute atomic E-state index is 0.148. The summed E-state index contributed by atoms with van der Waals surface area (Å²) >= 11 is 3.47. The van der Waals surface area contributed by atoms with Crippen molar-refractivity contribution >= 4 is 27.8 Å². The molecule has 0 fully saturated rings. The van der Waals surface area contributed by atoms with Crippen molar-refractivity contribution in [1.82, 2.24) is 4.98 Å². The zero-order chi connectivity index (χ0) is 14.1.